The average Bonchev–Trinajstić information content (AvgIpc) is 2.71. The van der Waals surface area contributed by atoms with Gasteiger partial charge in [0.1, 0.15) is 11.3 Å². The summed E-state index contributed by atoms with van der Waals surface area (Å²) in [6, 6.07) is 13.9. The van der Waals surface area contributed by atoms with E-state index in [1.807, 2.05) is 39.8 Å². The Hall–Kier alpha value is -2.99. The molecule has 1 aromatic heterocycles. The number of rotatable bonds is 7. The second kappa shape index (κ2) is 10.6. The van der Waals surface area contributed by atoms with Crippen molar-refractivity contribution in [1.82, 2.24) is 0 Å². The van der Waals surface area contributed by atoms with Crippen LogP contribution in [0.2, 0.25) is 0 Å². The molecule has 0 saturated carbocycles. The third-order valence-corrected chi connectivity index (χ3v) is 6.00. The number of thioether (sulfide) groups is 1. The van der Waals surface area contributed by atoms with Crippen molar-refractivity contribution in [3.05, 3.63) is 80.9 Å². The maximum Gasteiger partial charge on any atom is 0.513 e. The Morgan fingerprint density at radius 1 is 0.938 bits per heavy atom. The summed E-state index contributed by atoms with van der Waals surface area (Å²) in [5.74, 6) is 1.33. The number of ether oxygens (including phenoxy) is 2. The van der Waals surface area contributed by atoms with Gasteiger partial charge in [-0.3, -0.25) is 0 Å². The third-order valence-electron chi connectivity index (χ3n) is 4.99. The Balaban J connectivity index is 1.94. The van der Waals surface area contributed by atoms with E-state index in [9.17, 15) is 9.59 Å². The number of carbonyl (C=O) groups excluding carboxylic acids is 1. The van der Waals surface area contributed by atoms with Crippen LogP contribution in [0.25, 0.3) is 11.1 Å². The van der Waals surface area contributed by atoms with Crippen LogP contribution in [0.4, 0.5) is 4.79 Å². The lowest BCUT2D eigenvalue weighted by Crippen LogP contribution is -2.15. The van der Waals surface area contributed by atoms with Crippen LogP contribution in [-0.2, 0) is 11.2 Å². The van der Waals surface area contributed by atoms with Gasteiger partial charge in [-0.1, -0.05) is 35.4 Å². The lowest BCUT2D eigenvalue weighted by molar-refractivity contribution is 0.104. The topological polar surface area (TPSA) is 65.7 Å². The molecule has 0 unspecified atom stereocenters. The van der Waals surface area contributed by atoms with E-state index in [0.717, 1.165) is 21.6 Å². The Morgan fingerprint density at radius 2 is 1.59 bits per heavy atom. The van der Waals surface area contributed by atoms with Crippen molar-refractivity contribution < 1.29 is 18.7 Å². The highest BCUT2D eigenvalue weighted by Gasteiger charge is 2.22. The van der Waals surface area contributed by atoms with E-state index in [1.165, 1.54) is 5.56 Å². The minimum Gasteiger partial charge on any atom is -0.434 e. The van der Waals surface area contributed by atoms with Crippen LogP contribution in [0.3, 0.4) is 0 Å². The number of hydrogen-bond donors (Lipinski definition) is 0. The molecule has 0 aliphatic rings. The number of carbonyl (C=O) groups is 1. The first kappa shape index (κ1) is 23.7. The monoisotopic (exact) mass is 452 g/mol. The molecule has 0 aliphatic heterocycles. The fraction of sp³-hybridized carbons (Fsp3) is 0.308. The Morgan fingerprint density at radius 3 is 2.22 bits per heavy atom. The van der Waals surface area contributed by atoms with Crippen molar-refractivity contribution in [2.24, 2.45) is 0 Å². The average molecular weight is 453 g/mol. The van der Waals surface area contributed by atoms with Gasteiger partial charge in [-0.05, 0) is 63.4 Å². The van der Waals surface area contributed by atoms with Crippen LogP contribution in [0.15, 0.2) is 56.6 Å². The molecular weight excluding hydrogens is 424 g/mol. The van der Waals surface area contributed by atoms with Gasteiger partial charge in [0.05, 0.1) is 6.61 Å². The Bertz CT molecular complexity index is 1140. The van der Waals surface area contributed by atoms with E-state index in [4.69, 9.17) is 13.9 Å². The normalized spacial score (nSPS) is 10.8. The van der Waals surface area contributed by atoms with Gasteiger partial charge in [0.2, 0.25) is 0 Å². The molecule has 0 fully saturated rings. The van der Waals surface area contributed by atoms with Crippen molar-refractivity contribution in [2.45, 2.75) is 45.9 Å². The highest BCUT2D eigenvalue weighted by atomic mass is 32.2. The highest BCUT2D eigenvalue weighted by Crippen LogP contribution is 2.34. The smallest absolute Gasteiger partial charge is 0.434 e. The van der Waals surface area contributed by atoms with E-state index in [2.05, 4.69) is 24.3 Å². The molecule has 0 saturated heterocycles. The molecule has 0 atom stereocenters. The van der Waals surface area contributed by atoms with Crippen LogP contribution >= 0.6 is 11.8 Å². The van der Waals surface area contributed by atoms with Gasteiger partial charge in [0.15, 0.2) is 5.75 Å². The molecule has 0 bridgehead atoms. The SMILES string of the molecule is CCOC(=O)Oc1cc(CCSc2ccc(C)cc2)oc(=O)c1-c1c(C)cc(C)cc1C. The van der Waals surface area contributed by atoms with Gasteiger partial charge in [-0.2, -0.15) is 0 Å². The van der Waals surface area contributed by atoms with Gasteiger partial charge >= 0.3 is 11.8 Å². The van der Waals surface area contributed by atoms with Crippen molar-refractivity contribution in [1.29, 1.82) is 0 Å². The van der Waals surface area contributed by atoms with Gasteiger partial charge in [0, 0.05) is 23.1 Å². The molecule has 3 aromatic rings. The van der Waals surface area contributed by atoms with Crippen LogP contribution in [-0.4, -0.2) is 18.5 Å². The summed E-state index contributed by atoms with van der Waals surface area (Å²) in [5, 5.41) is 0. The summed E-state index contributed by atoms with van der Waals surface area (Å²) in [7, 11) is 0. The van der Waals surface area contributed by atoms with E-state index in [0.29, 0.717) is 23.5 Å². The largest absolute Gasteiger partial charge is 0.513 e. The highest BCUT2D eigenvalue weighted by molar-refractivity contribution is 7.99. The molecule has 5 nitrogen and oxygen atoms in total. The first-order valence-electron chi connectivity index (χ1n) is 10.6. The molecular formula is C26H28O5S. The lowest BCUT2D eigenvalue weighted by atomic mass is 9.94. The summed E-state index contributed by atoms with van der Waals surface area (Å²) in [6.07, 6.45) is -0.333. The number of benzene rings is 2. The van der Waals surface area contributed by atoms with Crippen molar-refractivity contribution in [3.8, 4) is 16.9 Å². The number of hydrogen-bond acceptors (Lipinski definition) is 6. The zero-order valence-electron chi connectivity index (χ0n) is 19.1. The lowest BCUT2D eigenvalue weighted by Gasteiger charge is -2.15. The Kier molecular flexibility index (Phi) is 7.80. The summed E-state index contributed by atoms with van der Waals surface area (Å²) >= 11 is 1.67. The van der Waals surface area contributed by atoms with Gasteiger partial charge in [0.25, 0.3) is 0 Å². The zero-order valence-corrected chi connectivity index (χ0v) is 19.9. The van der Waals surface area contributed by atoms with Crippen LogP contribution in [0.1, 0.15) is 34.9 Å². The quantitative estimate of drug-likeness (QED) is 0.305. The van der Waals surface area contributed by atoms with E-state index >= 15 is 0 Å². The molecule has 0 N–H and O–H groups in total. The second-order valence-electron chi connectivity index (χ2n) is 7.71. The van der Waals surface area contributed by atoms with E-state index in [-0.39, 0.29) is 17.9 Å². The maximum atomic E-state index is 13.1. The fourth-order valence-corrected chi connectivity index (χ4v) is 4.53. The minimum atomic E-state index is -0.846. The second-order valence-corrected chi connectivity index (χ2v) is 8.88. The molecule has 0 aliphatic carbocycles. The first-order chi connectivity index (χ1) is 15.3. The predicted octanol–water partition coefficient (Wildman–Crippen LogP) is 6.41. The van der Waals surface area contributed by atoms with Crippen molar-refractivity contribution in [2.75, 3.05) is 12.4 Å². The van der Waals surface area contributed by atoms with Gasteiger partial charge in [-0.25, -0.2) is 9.59 Å². The fourth-order valence-electron chi connectivity index (χ4n) is 3.66. The van der Waals surface area contributed by atoms with Crippen molar-refractivity contribution in [3.63, 3.8) is 0 Å². The third kappa shape index (κ3) is 5.82. The molecule has 32 heavy (non-hydrogen) atoms. The predicted molar refractivity (Wildman–Crippen MR) is 128 cm³/mol. The molecule has 6 heteroatoms. The summed E-state index contributed by atoms with van der Waals surface area (Å²) < 4.78 is 16.0. The van der Waals surface area contributed by atoms with Gasteiger partial charge < -0.3 is 13.9 Å². The molecule has 0 amide bonds. The van der Waals surface area contributed by atoms with Gasteiger partial charge in [-0.15, -0.1) is 11.8 Å². The molecule has 0 radical (unpaired) electrons. The Labute approximate surface area is 192 Å². The standard InChI is InChI=1S/C26H28O5S/c1-6-29-26(28)31-22-15-20(11-12-32-21-9-7-16(2)8-10-21)30-25(27)24(22)23-18(4)13-17(3)14-19(23)5/h7-10,13-15H,6,11-12H2,1-5H3. The number of aryl methyl sites for hydroxylation is 5. The summed E-state index contributed by atoms with van der Waals surface area (Å²) in [6.45, 7) is 9.77. The maximum absolute atomic E-state index is 13.1. The van der Waals surface area contributed by atoms with E-state index in [1.54, 1.807) is 24.8 Å². The van der Waals surface area contributed by atoms with Crippen molar-refractivity contribution >= 4 is 17.9 Å². The summed E-state index contributed by atoms with van der Waals surface area (Å²) in [4.78, 5) is 26.3. The molecule has 0 spiro atoms. The molecule has 168 valence electrons. The zero-order chi connectivity index (χ0) is 23.3. The summed E-state index contributed by atoms with van der Waals surface area (Å²) in [5.41, 5.74) is 4.53. The molecule has 1 heterocycles. The first-order valence-corrected chi connectivity index (χ1v) is 11.6. The molecule has 3 rings (SSSR count). The van der Waals surface area contributed by atoms with Crippen LogP contribution in [0, 0.1) is 27.7 Å². The molecule has 2 aromatic carbocycles. The van der Waals surface area contributed by atoms with E-state index < -0.39 is 11.8 Å². The minimum absolute atomic E-state index is 0.157. The van der Waals surface area contributed by atoms with Crippen LogP contribution < -0.4 is 10.4 Å². The van der Waals surface area contributed by atoms with Crippen LogP contribution in [0.5, 0.6) is 5.75 Å².